The van der Waals surface area contributed by atoms with E-state index in [0.29, 0.717) is 11.1 Å². The first-order valence-corrected chi connectivity index (χ1v) is 8.20. The molecule has 0 saturated heterocycles. The zero-order valence-electron chi connectivity index (χ0n) is 14.2. The van der Waals surface area contributed by atoms with Gasteiger partial charge < -0.3 is 4.74 Å². The number of ketones is 1. The fourth-order valence-corrected chi connectivity index (χ4v) is 2.61. The molecule has 0 bridgehead atoms. The highest BCUT2D eigenvalue weighted by atomic mass is 16.5. The van der Waals surface area contributed by atoms with Crippen molar-refractivity contribution in [3.8, 4) is 0 Å². The fourth-order valence-electron chi connectivity index (χ4n) is 2.61. The summed E-state index contributed by atoms with van der Waals surface area (Å²) in [6, 6.07) is 23.7. The first-order valence-electron chi connectivity index (χ1n) is 8.20. The SMILES string of the molecule is [N-]=[N+]=Nc1ccccc1C(=O)OC(C(=O)c1ccccc1)c1ccccc1. The lowest BCUT2D eigenvalue weighted by Crippen LogP contribution is -2.20. The van der Waals surface area contributed by atoms with Crippen LogP contribution in [0.1, 0.15) is 32.4 Å². The largest absolute Gasteiger partial charge is 0.445 e. The minimum atomic E-state index is -1.11. The molecule has 0 heterocycles. The number of nitrogens with zero attached hydrogens (tertiary/aromatic N) is 3. The Morgan fingerprint density at radius 1 is 0.852 bits per heavy atom. The van der Waals surface area contributed by atoms with E-state index in [1.54, 1.807) is 66.7 Å². The number of rotatable bonds is 6. The number of Topliss-reactive ketones (excluding diaryl/α,β-unsaturated/α-hetero) is 1. The van der Waals surface area contributed by atoms with Crippen molar-refractivity contribution < 1.29 is 14.3 Å². The Morgan fingerprint density at radius 3 is 2.11 bits per heavy atom. The van der Waals surface area contributed by atoms with Crippen molar-refractivity contribution in [2.75, 3.05) is 0 Å². The van der Waals surface area contributed by atoms with E-state index in [2.05, 4.69) is 10.0 Å². The molecule has 0 radical (unpaired) electrons. The molecule has 0 amide bonds. The van der Waals surface area contributed by atoms with Crippen molar-refractivity contribution in [2.45, 2.75) is 6.10 Å². The van der Waals surface area contributed by atoms with E-state index in [1.807, 2.05) is 6.07 Å². The lowest BCUT2D eigenvalue weighted by Gasteiger charge is -2.18. The molecule has 0 aliphatic carbocycles. The summed E-state index contributed by atoms with van der Waals surface area (Å²) in [4.78, 5) is 28.4. The molecule has 1 atom stereocenters. The molecule has 0 fully saturated rings. The predicted octanol–water partition coefficient (Wildman–Crippen LogP) is 5.41. The summed E-state index contributed by atoms with van der Waals surface area (Å²) >= 11 is 0. The Morgan fingerprint density at radius 2 is 1.44 bits per heavy atom. The summed E-state index contributed by atoms with van der Waals surface area (Å²) in [6.45, 7) is 0. The number of carbonyl (C=O) groups is 2. The quantitative estimate of drug-likeness (QED) is 0.194. The van der Waals surface area contributed by atoms with E-state index >= 15 is 0 Å². The highest BCUT2D eigenvalue weighted by Crippen LogP contribution is 2.27. The van der Waals surface area contributed by atoms with Gasteiger partial charge in [-0.2, -0.15) is 0 Å². The molecule has 0 spiro atoms. The Hall–Kier alpha value is -3.89. The number of benzene rings is 3. The van der Waals surface area contributed by atoms with Crippen molar-refractivity contribution in [1.82, 2.24) is 0 Å². The van der Waals surface area contributed by atoms with Crippen LogP contribution in [-0.4, -0.2) is 11.8 Å². The van der Waals surface area contributed by atoms with Gasteiger partial charge in [0.2, 0.25) is 5.78 Å². The monoisotopic (exact) mass is 357 g/mol. The average molecular weight is 357 g/mol. The standard InChI is InChI=1S/C21H15N3O3/c22-24-23-18-14-8-7-13-17(18)21(26)27-20(16-11-5-2-6-12-16)19(25)15-9-3-1-4-10-15/h1-14,20H. The Balaban J connectivity index is 1.96. The van der Waals surface area contributed by atoms with Crippen LogP contribution in [-0.2, 0) is 4.74 Å². The minimum Gasteiger partial charge on any atom is -0.445 e. The van der Waals surface area contributed by atoms with Gasteiger partial charge in [-0.05, 0) is 11.6 Å². The average Bonchev–Trinajstić information content (AvgIpc) is 2.73. The van der Waals surface area contributed by atoms with Crippen molar-refractivity contribution in [3.05, 3.63) is 112 Å². The first-order chi connectivity index (χ1) is 13.2. The van der Waals surface area contributed by atoms with Gasteiger partial charge in [-0.25, -0.2) is 4.79 Å². The highest BCUT2D eigenvalue weighted by Gasteiger charge is 2.27. The first kappa shape index (κ1) is 17.9. The lowest BCUT2D eigenvalue weighted by molar-refractivity contribution is 0.0281. The zero-order chi connectivity index (χ0) is 19.1. The highest BCUT2D eigenvalue weighted by molar-refractivity contribution is 6.03. The van der Waals surface area contributed by atoms with Crippen LogP contribution in [0.5, 0.6) is 0 Å². The van der Waals surface area contributed by atoms with E-state index in [9.17, 15) is 9.59 Å². The van der Waals surface area contributed by atoms with E-state index in [-0.39, 0.29) is 17.0 Å². The van der Waals surface area contributed by atoms with Gasteiger partial charge in [0.1, 0.15) is 0 Å². The van der Waals surface area contributed by atoms with Crippen LogP contribution in [0.2, 0.25) is 0 Å². The molecular weight excluding hydrogens is 342 g/mol. The van der Waals surface area contributed by atoms with Gasteiger partial charge in [0, 0.05) is 16.0 Å². The third-order valence-electron chi connectivity index (χ3n) is 3.90. The summed E-state index contributed by atoms with van der Waals surface area (Å²) < 4.78 is 5.55. The molecule has 132 valence electrons. The fraction of sp³-hybridized carbons (Fsp3) is 0.0476. The van der Waals surface area contributed by atoms with Crippen molar-refractivity contribution in [2.24, 2.45) is 5.11 Å². The van der Waals surface area contributed by atoms with Crippen LogP contribution in [0, 0.1) is 0 Å². The van der Waals surface area contributed by atoms with Crippen molar-refractivity contribution >= 4 is 17.4 Å². The molecule has 3 aromatic carbocycles. The van der Waals surface area contributed by atoms with Gasteiger partial charge in [0.15, 0.2) is 6.10 Å². The smallest absolute Gasteiger partial charge is 0.339 e. The maximum Gasteiger partial charge on any atom is 0.339 e. The van der Waals surface area contributed by atoms with Gasteiger partial charge in [-0.3, -0.25) is 4.79 Å². The number of azide groups is 1. The van der Waals surface area contributed by atoms with Crippen molar-refractivity contribution in [3.63, 3.8) is 0 Å². The molecule has 3 rings (SSSR count). The van der Waals surface area contributed by atoms with E-state index in [4.69, 9.17) is 10.3 Å². The van der Waals surface area contributed by atoms with Crippen LogP contribution < -0.4 is 0 Å². The predicted molar refractivity (Wildman–Crippen MR) is 101 cm³/mol. The molecule has 6 heteroatoms. The minimum absolute atomic E-state index is 0.0945. The number of hydrogen-bond acceptors (Lipinski definition) is 4. The van der Waals surface area contributed by atoms with E-state index < -0.39 is 12.1 Å². The molecule has 6 nitrogen and oxygen atoms in total. The molecule has 0 aromatic heterocycles. The van der Waals surface area contributed by atoms with Gasteiger partial charge in [0.05, 0.1) is 11.3 Å². The second-order valence-corrected chi connectivity index (χ2v) is 5.63. The Bertz CT molecular complexity index is 997. The maximum atomic E-state index is 13.0. The summed E-state index contributed by atoms with van der Waals surface area (Å²) in [5.74, 6) is -1.08. The number of hydrogen-bond donors (Lipinski definition) is 0. The Kier molecular flexibility index (Phi) is 5.62. The van der Waals surface area contributed by atoms with Crippen molar-refractivity contribution in [1.29, 1.82) is 0 Å². The second-order valence-electron chi connectivity index (χ2n) is 5.63. The van der Waals surface area contributed by atoms with Crippen LogP contribution in [0.15, 0.2) is 90.0 Å². The Labute approximate surface area is 155 Å². The number of carbonyl (C=O) groups excluding carboxylic acids is 2. The zero-order valence-corrected chi connectivity index (χ0v) is 14.2. The molecule has 0 N–H and O–H groups in total. The third kappa shape index (κ3) is 4.21. The molecule has 3 aromatic rings. The maximum absolute atomic E-state index is 13.0. The van der Waals surface area contributed by atoms with E-state index in [0.717, 1.165) is 0 Å². The lowest BCUT2D eigenvalue weighted by atomic mass is 9.99. The molecule has 0 aliphatic rings. The van der Waals surface area contributed by atoms with Gasteiger partial charge in [-0.1, -0.05) is 84.0 Å². The summed E-state index contributed by atoms with van der Waals surface area (Å²) in [5.41, 5.74) is 9.90. The van der Waals surface area contributed by atoms with Gasteiger partial charge in [0.25, 0.3) is 0 Å². The van der Waals surface area contributed by atoms with Crippen LogP contribution in [0.3, 0.4) is 0 Å². The van der Waals surface area contributed by atoms with Crippen LogP contribution in [0.4, 0.5) is 5.69 Å². The summed E-state index contributed by atoms with van der Waals surface area (Å²) in [7, 11) is 0. The normalized spacial score (nSPS) is 11.1. The molecule has 0 aliphatic heterocycles. The number of esters is 1. The van der Waals surface area contributed by atoms with Gasteiger partial charge in [-0.15, -0.1) is 0 Å². The van der Waals surface area contributed by atoms with Crippen LogP contribution in [0.25, 0.3) is 10.4 Å². The molecule has 0 saturated carbocycles. The summed E-state index contributed by atoms with van der Waals surface area (Å²) in [5, 5.41) is 3.51. The third-order valence-corrected chi connectivity index (χ3v) is 3.90. The van der Waals surface area contributed by atoms with E-state index in [1.165, 1.54) is 12.1 Å². The molecule has 27 heavy (non-hydrogen) atoms. The summed E-state index contributed by atoms with van der Waals surface area (Å²) in [6.07, 6.45) is -1.11. The molecule has 1 unspecified atom stereocenters. The number of ether oxygens (including phenoxy) is 1. The second kappa shape index (κ2) is 8.47. The topological polar surface area (TPSA) is 92.1 Å². The van der Waals surface area contributed by atoms with Gasteiger partial charge >= 0.3 is 5.97 Å². The molecular formula is C21H15N3O3. The van der Waals surface area contributed by atoms with Crippen LogP contribution >= 0.6 is 0 Å².